The van der Waals surface area contributed by atoms with Crippen molar-refractivity contribution in [3.05, 3.63) is 35.9 Å². The Balaban J connectivity index is 1.07. The summed E-state index contributed by atoms with van der Waals surface area (Å²) in [5, 5.41) is 8.79. The molecule has 0 aromatic heterocycles. The van der Waals surface area contributed by atoms with Crippen molar-refractivity contribution in [1.29, 1.82) is 0 Å². The van der Waals surface area contributed by atoms with E-state index in [1.165, 1.54) is 5.56 Å². The van der Waals surface area contributed by atoms with Gasteiger partial charge < -0.3 is 24.5 Å². The average molecular weight is 488 g/mol. The van der Waals surface area contributed by atoms with Crippen LogP contribution < -0.4 is 0 Å². The van der Waals surface area contributed by atoms with Gasteiger partial charge in [-0.25, -0.2) is 4.79 Å². The average Bonchev–Trinajstić information content (AvgIpc) is 3.20. The van der Waals surface area contributed by atoms with Gasteiger partial charge in [-0.15, -0.1) is 0 Å². The van der Waals surface area contributed by atoms with Gasteiger partial charge >= 0.3 is 12.1 Å². The lowest BCUT2D eigenvalue weighted by molar-refractivity contribution is -0.137. The van der Waals surface area contributed by atoms with Crippen molar-refractivity contribution in [2.45, 2.75) is 31.9 Å². The van der Waals surface area contributed by atoms with E-state index in [2.05, 4.69) is 49.9 Å². The number of carboxylic acids is 1. The standard InChI is InChI=1S/C26H41N5O4/c32-25(33)8-4-9-27-14-18-30(19-15-27)21-24-22-31(26(34)35-24)11-5-10-28-12-16-29(17-13-28)20-23-6-2-1-3-7-23/h1-3,6-7,24H,4-5,8-22H2,(H,32,33). The van der Waals surface area contributed by atoms with Crippen molar-refractivity contribution >= 4 is 12.1 Å². The highest BCUT2D eigenvalue weighted by Crippen LogP contribution is 2.15. The largest absolute Gasteiger partial charge is 0.481 e. The second-order valence-electron chi connectivity index (χ2n) is 10.0. The Hall–Kier alpha value is -2.20. The number of aliphatic carboxylic acids is 1. The second-order valence-corrected chi connectivity index (χ2v) is 10.0. The van der Waals surface area contributed by atoms with Crippen molar-refractivity contribution in [3.63, 3.8) is 0 Å². The van der Waals surface area contributed by atoms with Crippen LogP contribution in [0.1, 0.15) is 24.8 Å². The maximum Gasteiger partial charge on any atom is 0.410 e. The van der Waals surface area contributed by atoms with Crippen LogP contribution in [0.5, 0.6) is 0 Å². The summed E-state index contributed by atoms with van der Waals surface area (Å²) in [6.45, 7) is 13.3. The number of piperazine rings is 2. The molecule has 0 saturated carbocycles. The molecule has 3 aliphatic heterocycles. The molecule has 3 heterocycles. The molecule has 3 saturated heterocycles. The number of cyclic esters (lactones) is 1. The van der Waals surface area contributed by atoms with Gasteiger partial charge in [-0.1, -0.05) is 30.3 Å². The van der Waals surface area contributed by atoms with Crippen molar-refractivity contribution in [2.24, 2.45) is 0 Å². The number of benzene rings is 1. The Bertz CT molecular complexity index is 794. The van der Waals surface area contributed by atoms with E-state index in [0.717, 1.165) is 91.5 Å². The predicted molar refractivity (Wildman–Crippen MR) is 134 cm³/mol. The van der Waals surface area contributed by atoms with Crippen molar-refractivity contribution in [1.82, 2.24) is 24.5 Å². The number of hydrogen-bond acceptors (Lipinski definition) is 7. The van der Waals surface area contributed by atoms with Crippen molar-refractivity contribution in [2.75, 3.05) is 85.1 Å². The van der Waals surface area contributed by atoms with E-state index in [9.17, 15) is 9.59 Å². The molecule has 0 aliphatic carbocycles. The van der Waals surface area contributed by atoms with Gasteiger partial charge in [-0.05, 0) is 31.5 Å². The topological polar surface area (TPSA) is 79.8 Å². The normalized spacial score (nSPS) is 23.0. The van der Waals surface area contributed by atoms with Crippen LogP contribution in [-0.2, 0) is 16.1 Å². The molecule has 1 unspecified atom stereocenters. The fraction of sp³-hybridized carbons (Fsp3) is 0.692. The Morgan fingerprint density at radius 3 is 2.09 bits per heavy atom. The first-order valence-corrected chi connectivity index (χ1v) is 13.2. The lowest BCUT2D eigenvalue weighted by Crippen LogP contribution is -2.49. The maximum absolute atomic E-state index is 12.4. The number of nitrogens with zero attached hydrogens (tertiary/aromatic N) is 5. The van der Waals surface area contributed by atoms with Gasteiger partial charge in [0.15, 0.2) is 0 Å². The number of carboxylic acid groups (broad SMARTS) is 1. The van der Waals surface area contributed by atoms with Gasteiger partial charge in [-0.3, -0.25) is 14.6 Å². The number of carbonyl (C=O) groups excluding carboxylic acids is 1. The third-order valence-electron chi connectivity index (χ3n) is 7.36. The Morgan fingerprint density at radius 2 is 1.43 bits per heavy atom. The minimum Gasteiger partial charge on any atom is -0.481 e. The molecule has 4 rings (SSSR count). The van der Waals surface area contributed by atoms with Crippen LogP contribution in [0, 0.1) is 0 Å². The van der Waals surface area contributed by atoms with Crippen LogP contribution in [0.4, 0.5) is 4.79 Å². The van der Waals surface area contributed by atoms with Crippen LogP contribution >= 0.6 is 0 Å². The quantitative estimate of drug-likeness (QED) is 0.475. The SMILES string of the molecule is O=C(O)CCCN1CCN(CC2CN(CCCN3CCN(Cc4ccccc4)CC3)C(=O)O2)CC1. The first-order chi connectivity index (χ1) is 17.0. The van der Waals surface area contributed by atoms with E-state index in [1.807, 2.05) is 4.90 Å². The van der Waals surface area contributed by atoms with Gasteiger partial charge in [0.1, 0.15) is 6.10 Å². The van der Waals surface area contributed by atoms with Gasteiger partial charge in [-0.2, -0.15) is 0 Å². The molecule has 3 aliphatic rings. The lowest BCUT2D eigenvalue weighted by Gasteiger charge is -2.35. The third-order valence-corrected chi connectivity index (χ3v) is 7.36. The summed E-state index contributed by atoms with van der Waals surface area (Å²) in [6.07, 6.45) is 1.69. The minimum absolute atomic E-state index is 0.0532. The second kappa shape index (κ2) is 13.2. The van der Waals surface area contributed by atoms with Crippen LogP contribution in [0.3, 0.4) is 0 Å². The van der Waals surface area contributed by atoms with Crippen LogP contribution in [-0.4, -0.2) is 133 Å². The summed E-state index contributed by atoms with van der Waals surface area (Å²) < 4.78 is 5.65. The smallest absolute Gasteiger partial charge is 0.410 e. The van der Waals surface area contributed by atoms with Gasteiger partial charge in [0.25, 0.3) is 0 Å². The summed E-state index contributed by atoms with van der Waals surface area (Å²) >= 11 is 0. The molecule has 9 heteroatoms. The highest BCUT2D eigenvalue weighted by atomic mass is 16.6. The molecule has 1 amide bonds. The Morgan fingerprint density at radius 1 is 0.829 bits per heavy atom. The maximum atomic E-state index is 12.4. The monoisotopic (exact) mass is 487 g/mol. The molecule has 35 heavy (non-hydrogen) atoms. The summed E-state index contributed by atoms with van der Waals surface area (Å²) in [4.78, 5) is 34.6. The zero-order chi connectivity index (χ0) is 24.5. The van der Waals surface area contributed by atoms with Gasteiger partial charge in [0, 0.05) is 78.4 Å². The molecular weight excluding hydrogens is 446 g/mol. The molecular formula is C26H41N5O4. The first kappa shape index (κ1) is 25.9. The van der Waals surface area contributed by atoms with E-state index < -0.39 is 5.97 Å². The summed E-state index contributed by atoms with van der Waals surface area (Å²) in [5.41, 5.74) is 1.38. The van der Waals surface area contributed by atoms with E-state index >= 15 is 0 Å². The molecule has 1 aromatic rings. The zero-order valence-corrected chi connectivity index (χ0v) is 20.9. The highest BCUT2D eigenvalue weighted by molar-refractivity contribution is 5.69. The number of rotatable bonds is 12. The van der Waals surface area contributed by atoms with Crippen LogP contribution in [0.25, 0.3) is 0 Å². The molecule has 3 fully saturated rings. The minimum atomic E-state index is -0.724. The molecule has 9 nitrogen and oxygen atoms in total. The molecule has 0 spiro atoms. The van der Waals surface area contributed by atoms with E-state index in [1.54, 1.807) is 0 Å². The highest BCUT2D eigenvalue weighted by Gasteiger charge is 2.33. The van der Waals surface area contributed by atoms with Gasteiger partial charge in [0.05, 0.1) is 6.54 Å². The van der Waals surface area contributed by atoms with Gasteiger partial charge in [0.2, 0.25) is 0 Å². The van der Waals surface area contributed by atoms with Crippen molar-refractivity contribution in [3.8, 4) is 0 Å². The predicted octanol–water partition coefficient (Wildman–Crippen LogP) is 1.50. The Kier molecular flexibility index (Phi) is 9.76. The number of carbonyl (C=O) groups is 2. The number of amides is 1. The molecule has 0 bridgehead atoms. The fourth-order valence-electron chi connectivity index (χ4n) is 5.29. The first-order valence-electron chi connectivity index (χ1n) is 13.2. The lowest BCUT2D eigenvalue weighted by atomic mass is 10.2. The fourth-order valence-corrected chi connectivity index (χ4v) is 5.29. The molecule has 0 radical (unpaired) electrons. The van der Waals surface area contributed by atoms with E-state index in [-0.39, 0.29) is 18.6 Å². The van der Waals surface area contributed by atoms with Crippen molar-refractivity contribution < 1.29 is 19.4 Å². The summed E-state index contributed by atoms with van der Waals surface area (Å²) in [7, 11) is 0. The molecule has 1 atom stereocenters. The summed E-state index contributed by atoms with van der Waals surface area (Å²) in [6, 6.07) is 10.7. The third kappa shape index (κ3) is 8.45. The summed E-state index contributed by atoms with van der Waals surface area (Å²) in [5.74, 6) is -0.724. The molecule has 1 aromatic carbocycles. The van der Waals surface area contributed by atoms with Crippen LogP contribution in [0.2, 0.25) is 0 Å². The number of ether oxygens (including phenoxy) is 1. The zero-order valence-electron chi connectivity index (χ0n) is 20.9. The number of hydrogen-bond donors (Lipinski definition) is 1. The molecule has 194 valence electrons. The molecule has 1 N–H and O–H groups in total. The van der Waals surface area contributed by atoms with Crippen LogP contribution in [0.15, 0.2) is 30.3 Å². The van der Waals surface area contributed by atoms with E-state index in [4.69, 9.17) is 9.84 Å². The van der Waals surface area contributed by atoms with E-state index in [0.29, 0.717) is 13.0 Å². The Labute approximate surface area is 209 Å².